The van der Waals surface area contributed by atoms with Gasteiger partial charge in [0.15, 0.2) is 0 Å². The average Bonchev–Trinajstić information content (AvgIpc) is 2.94. The van der Waals surface area contributed by atoms with Crippen LogP contribution in [0.15, 0.2) is 22.6 Å². The van der Waals surface area contributed by atoms with Crippen molar-refractivity contribution in [2.75, 3.05) is 0 Å². The van der Waals surface area contributed by atoms with Gasteiger partial charge >= 0.3 is 5.97 Å². The maximum absolute atomic E-state index is 12.2. The van der Waals surface area contributed by atoms with Gasteiger partial charge in [0.05, 0.1) is 11.7 Å². The fraction of sp³-hybridized carbons (Fsp3) is 0.500. The van der Waals surface area contributed by atoms with Gasteiger partial charge in [-0.05, 0) is 29.7 Å². The Bertz CT molecular complexity index is 803. The highest BCUT2D eigenvalue weighted by atomic mass is 32.1. The zero-order chi connectivity index (χ0) is 17.9. The molecule has 0 saturated carbocycles. The monoisotopic (exact) mass is 351 g/mol. The molecule has 130 valence electrons. The van der Waals surface area contributed by atoms with E-state index in [0.29, 0.717) is 23.1 Å². The second kappa shape index (κ2) is 7.12. The Hall–Kier alpha value is -2.22. The molecule has 24 heavy (non-hydrogen) atoms. The number of rotatable bonds is 6. The van der Waals surface area contributed by atoms with Gasteiger partial charge in [0.2, 0.25) is 5.91 Å². The Balaban J connectivity index is 2.05. The van der Waals surface area contributed by atoms with E-state index >= 15 is 0 Å². The number of amides is 1. The highest BCUT2D eigenvalue weighted by Crippen LogP contribution is 2.21. The normalized spacial score (nSPS) is 13.0. The standard InChI is InChI=1S/C16H21N3O4S/c1-16(2,3)6-4-11(15(22)23)18-12(20)8-19-9-17-13-10(14(19)21)5-7-24-13/h5,7,9,11H,4,6,8H2,1-3H3,(H,18,20)(H,22,23). The van der Waals surface area contributed by atoms with E-state index in [1.54, 1.807) is 11.4 Å². The number of carbonyl (C=O) groups excluding carboxylic acids is 1. The van der Waals surface area contributed by atoms with Gasteiger partial charge in [-0.15, -0.1) is 11.3 Å². The van der Waals surface area contributed by atoms with Crippen LogP contribution in [0.5, 0.6) is 0 Å². The Kier molecular flexibility index (Phi) is 5.38. The van der Waals surface area contributed by atoms with Gasteiger partial charge < -0.3 is 10.4 Å². The van der Waals surface area contributed by atoms with Crippen LogP contribution in [0.2, 0.25) is 0 Å². The number of thiophene rings is 1. The number of carbonyl (C=O) groups is 2. The summed E-state index contributed by atoms with van der Waals surface area (Å²) in [7, 11) is 0. The van der Waals surface area contributed by atoms with E-state index < -0.39 is 17.9 Å². The number of hydrogen-bond donors (Lipinski definition) is 2. The first-order chi connectivity index (χ1) is 11.2. The first-order valence-electron chi connectivity index (χ1n) is 7.62. The molecule has 0 fully saturated rings. The number of nitrogens with one attached hydrogen (secondary N) is 1. The van der Waals surface area contributed by atoms with Crippen molar-refractivity contribution in [1.82, 2.24) is 14.9 Å². The second-order valence-electron chi connectivity index (χ2n) is 6.87. The minimum Gasteiger partial charge on any atom is -0.480 e. The molecule has 0 aromatic carbocycles. The van der Waals surface area contributed by atoms with Crippen LogP contribution in [-0.4, -0.2) is 32.6 Å². The molecule has 8 heteroatoms. The zero-order valence-electron chi connectivity index (χ0n) is 13.9. The summed E-state index contributed by atoms with van der Waals surface area (Å²) in [5, 5.41) is 14.0. The van der Waals surface area contributed by atoms with Crippen LogP contribution in [0.3, 0.4) is 0 Å². The van der Waals surface area contributed by atoms with Gasteiger partial charge in [0.1, 0.15) is 17.4 Å². The van der Waals surface area contributed by atoms with Gasteiger partial charge in [-0.2, -0.15) is 0 Å². The molecule has 0 aliphatic carbocycles. The van der Waals surface area contributed by atoms with Crippen LogP contribution in [0.4, 0.5) is 0 Å². The first kappa shape index (κ1) is 18.1. The molecule has 1 amide bonds. The highest BCUT2D eigenvalue weighted by Gasteiger charge is 2.23. The molecule has 0 radical (unpaired) electrons. The topological polar surface area (TPSA) is 101 Å². The molecule has 0 saturated heterocycles. The van der Waals surface area contributed by atoms with Crippen molar-refractivity contribution in [3.05, 3.63) is 28.1 Å². The van der Waals surface area contributed by atoms with Crippen molar-refractivity contribution in [1.29, 1.82) is 0 Å². The molecule has 2 N–H and O–H groups in total. The van der Waals surface area contributed by atoms with Crippen molar-refractivity contribution in [2.24, 2.45) is 5.41 Å². The van der Waals surface area contributed by atoms with Crippen LogP contribution in [0.25, 0.3) is 10.2 Å². The summed E-state index contributed by atoms with van der Waals surface area (Å²) in [6, 6.07) is 0.692. The van der Waals surface area contributed by atoms with Crippen LogP contribution in [-0.2, 0) is 16.1 Å². The molecule has 0 spiro atoms. The number of nitrogens with zero attached hydrogens (tertiary/aromatic N) is 2. The van der Waals surface area contributed by atoms with Crippen LogP contribution < -0.4 is 10.9 Å². The molecule has 7 nitrogen and oxygen atoms in total. The second-order valence-corrected chi connectivity index (χ2v) is 7.77. The average molecular weight is 351 g/mol. The Morgan fingerprint density at radius 3 is 2.75 bits per heavy atom. The lowest BCUT2D eigenvalue weighted by atomic mass is 9.88. The smallest absolute Gasteiger partial charge is 0.326 e. The number of aliphatic carboxylic acids is 1. The predicted octanol–water partition coefficient (Wildman–Crippen LogP) is 1.85. The van der Waals surface area contributed by atoms with E-state index in [2.05, 4.69) is 10.3 Å². The van der Waals surface area contributed by atoms with E-state index in [-0.39, 0.29) is 17.5 Å². The number of carboxylic acid groups (broad SMARTS) is 1. The highest BCUT2D eigenvalue weighted by molar-refractivity contribution is 7.16. The summed E-state index contributed by atoms with van der Waals surface area (Å²) >= 11 is 1.35. The molecule has 1 atom stereocenters. The van der Waals surface area contributed by atoms with E-state index in [0.717, 1.165) is 0 Å². The number of hydrogen-bond acceptors (Lipinski definition) is 5. The Morgan fingerprint density at radius 2 is 2.12 bits per heavy atom. The SMILES string of the molecule is CC(C)(C)CCC(NC(=O)Cn1cnc2sccc2c1=O)C(=O)O. The molecule has 2 aromatic heterocycles. The fourth-order valence-corrected chi connectivity index (χ4v) is 2.96. The minimum atomic E-state index is -1.08. The van der Waals surface area contributed by atoms with Gasteiger partial charge in [0, 0.05) is 0 Å². The molecule has 0 bridgehead atoms. The molecule has 2 aromatic rings. The van der Waals surface area contributed by atoms with Gasteiger partial charge in [-0.25, -0.2) is 9.78 Å². The molecule has 2 rings (SSSR count). The minimum absolute atomic E-state index is 0.0245. The molecular weight excluding hydrogens is 330 g/mol. The Labute approximate surface area is 143 Å². The van der Waals surface area contributed by atoms with Crippen LogP contribution in [0, 0.1) is 5.41 Å². The van der Waals surface area contributed by atoms with Gasteiger partial charge in [0.25, 0.3) is 5.56 Å². The summed E-state index contributed by atoms with van der Waals surface area (Å²) in [6.45, 7) is 5.77. The van der Waals surface area contributed by atoms with Gasteiger partial charge in [-0.1, -0.05) is 20.8 Å². The van der Waals surface area contributed by atoms with Gasteiger partial charge in [-0.3, -0.25) is 14.2 Å². The maximum Gasteiger partial charge on any atom is 0.326 e. The van der Waals surface area contributed by atoms with E-state index in [9.17, 15) is 19.5 Å². The first-order valence-corrected chi connectivity index (χ1v) is 8.50. The van der Waals surface area contributed by atoms with E-state index in [4.69, 9.17) is 0 Å². The summed E-state index contributed by atoms with van der Waals surface area (Å²) in [6.07, 6.45) is 2.31. The summed E-state index contributed by atoms with van der Waals surface area (Å²) < 4.78 is 1.19. The van der Waals surface area contributed by atoms with Crippen molar-refractivity contribution in [3.63, 3.8) is 0 Å². The lowest BCUT2D eigenvalue weighted by Crippen LogP contribution is -2.43. The maximum atomic E-state index is 12.2. The number of carboxylic acids is 1. The van der Waals surface area contributed by atoms with E-state index in [1.807, 2.05) is 20.8 Å². The Morgan fingerprint density at radius 1 is 1.42 bits per heavy atom. The van der Waals surface area contributed by atoms with Crippen LogP contribution in [0.1, 0.15) is 33.6 Å². The van der Waals surface area contributed by atoms with E-state index in [1.165, 1.54) is 22.2 Å². The van der Waals surface area contributed by atoms with Crippen molar-refractivity contribution >= 4 is 33.4 Å². The third kappa shape index (κ3) is 4.64. The van der Waals surface area contributed by atoms with Crippen molar-refractivity contribution < 1.29 is 14.7 Å². The van der Waals surface area contributed by atoms with Crippen molar-refractivity contribution in [3.8, 4) is 0 Å². The third-order valence-electron chi connectivity index (χ3n) is 3.58. The quantitative estimate of drug-likeness (QED) is 0.827. The van der Waals surface area contributed by atoms with Crippen LogP contribution >= 0.6 is 11.3 Å². The lowest BCUT2D eigenvalue weighted by Gasteiger charge is -2.21. The molecule has 0 aliphatic rings. The molecule has 2 heterocycles. The number of aromatic nitrogens is 2. The van der Waals surface area contributed by atoms with Crippen molar-refractivity contribution in [2.45, 2.75) is 46.2 Å². The summed E-state index contributed by atoms with van der Waals surface area (Å²) in [4.78, 5) is 40.4. The summed E-state index contributed by atoms with van der Waals surface area (Å²) in [5.74, 6) is -1.60. The number of fused-ring (bicyclic) bond motifs is 1. The fourth-order valence-electron chi connectivity index (χ4n) is 2.24. The molecular formula is C16H21N3O4S. The third-order valence-corrected chi connectivity index (χ3v) is 4.40. The predicted molar refractivity (Wildman–Crippen MR) is 92.1 cm³/mol. The largest absolute Gasteiger partial charge is 0.480 e. The zero-order valence-corrected chi connectivity index (χ0v) is 14.7. The summed E-state index contributed by atoms with van der Waals surface area (Å²) in [5.41, 5.74) is -0.332. The molecule has 0 aliphatic heterocycles. The lowest BCUT2D eigenvalue weighted by molar-refractivity contribution is -0.142. The molecule has 1 unspecified atom stereocenters.